The van der Waals surface area contributed by atoms with Gasteiger partial charge in [-0.05, 0) is 33.1 Å². The van der Waals surface area contributed by atoms with Crippen molar-refractivity contribution in [3.8, 4) is 0 Å². The van der Waals surface area contributed by atoms with Crippen LogP contribution in [0.4, 0.5) is 0 Å². The zero-order valence-corrected chi connectivity index (χ0v) is 13.4. The number of carbonyl (C=O) groups excluding carboxylic acids is 2. The van der Waals surface area contributed by atoms with E-state index in [-0.39, 0.29) is 31.4 Å². The molecule has 0 aromatic heterocycles. The fraction of sp³-hybridized carbons (Fsp3) is 0.846. The Hall–Kier alpha value is -0.550. The number of Topliss-reactive ketones (excluding diaryl/α,β-unsaturated/α-hetero) is 2. The minimum atomic E-state index is -3.58. The fourth-order valence-corrected chi connectivity index (χ4v) is 2.65. The maximum atomic E-state index is 12.2. The van der Waals surface area contributed by atoms with Gasteiger partial charge in [0, 0.05) is 12.8 Å². The number of carbonyl (C=O) groups is 2. The molecule has 0 spiro atoms. The van der Waals surface area contributed by atoms with E-state index in [0.717, 1.165) is 0 Å². The largest absolute Gasteiger partial charge is 0.474 e. The number of rotatable bonds is 13. The van der Waals surface area contributed by atoms with Gasteiger partial charge in [0.05, 0.1) is 19.8 Å². The first-order valence-electron chi connectivity index (χ1n) is 6.92. The van der Waals surface area contributed by atoms with Crippen LogP contribution in [-0.2, 0) is 27.7 Å². The molecule has 0 amide bonds. The van der Waals surface area contributed by atoms with Crippen molar-refractivity contribution in [3.63, 3.8) is 0 Å². The molecule has 0 unspecified atom stereocenters. The minimum Gasteiger partial charge on any atom is -0.300 e. The molecular formula is C13H25O6P. The first-order valence-corrected chi connectivity index (χ1v) is 8.38. The normalized spacial score (nSPS) is 11.6. The molecule has 0 atom stereocenters. The summed E-state index contributed by atoms with van der Waals surface area (Å²) < 4.78 is 27.7. The average molecular weight is 308 g/mol. The minimum absolute atomic E-state index is 0.0558. The van der Waals surface area contributed by atoms with Crippen LogP contribution >= 0.6 is 7.82 Å². The summed E-state index contributed by atoms with van der Waals surface area (Å²) in [6.45, 7) is 5.43. The van der Waals surface area contributed by atoms with Crippen molar-refractivity contribution < 1.29 is 27.7 Å². The predicted octanol–water partition coefficient (Wildman–Crippen LogP) is 3.29. The summed E-state index contributed by atoms with van der Waals surface area (Å²) in [5, 5.41) is 0. The Bertz CT molecular complexity index is 316. The summed E-state index contributed by atoms with van der Waals surface area (Å²) in [6, 6.07) is 0. The highest BCUT2D eigenvalue weighted by Crippen LogP contribution is 2.49. The lowest BCUT2D eigenvalue weighted by atomic mass is 10.2. The number of hydrogen-bond acceptors (Lipinski definition) is 6. The molecule has 0 N–H and O–H groups in total. The molecule has 0 radical (unpaired) electrons. The smallest absolute Gasteiger partial charge is 0.300 e. The average Bonchev–Trinajstić information content (AvgIpc) is 2.37. The Morgan fingerprint density at radius 2 is 1.25 bits per heavy atom. The Morgan fingerprint density at radius 1 is 0.850 bits per heavy atom. The van der Waals surface area contributed by atoms with Crippen molar-refractivity contribution in [2.75, 3.05) is 19.8 Å². The molecule has 6 nitrogen and oxygen atoms in total. The summed E-state index contributed by atoms with van der Waals surface area (Å²) in [4.78, 5) is 21.6. The Labute approximate surface area is 120 Å². The van der Waals surface area contributed by atoms with Crippen LogP contribution in [0.1, 0.15) is 52.9 Å². The lowest BCUT2D eigenvalue weighted by Crippen LogP contribution is -2.05. The summed E-state index contributed by atoms with van der Waals surface area (Å²) in [5.41, 5.74) is 0. The molecule has 7 heteroatoms. The van der Waals surface area contributed by atoms with Gasteiger partial charge in [0.25, 0.3) is 0 Å². The van der Waals surface area contributed by atoms with E-state index in [1.54, 1.807) is 0 Å². The van der Waals surface area contributed by atoms with Gasteiger partial charge in [-0.15, -0.1) is 0 Å². The fourth-order valence-electron chi connectivity index (χ4n) is 1.31. The molecule has 0 saturated heterocycles. The van der Waals surface area contributed by atoms with E-state index >= 15 is 0 Å². The highest BCUT2D eigenvalue weighted by molar-refractivity contribution is 7.48. The van der Waals surface area contributed by atoms with Gasteiger partial charge in [0.2, 0.25) is 0 Å². The molecule has 0 aromatic carbocycles. The van der Waals surface area contributed by atoms with Crippen LogP contribution in [0.25, 0.3) is 0 Å². The van der Waals surface area contributed by atoms with Crippen LogP contribution in [-0.4, -0.2) is 31.4 Å². The lowest BCUT2D eigenvalue weighted by molar-refractivity contribution is -0.118. The molecule has 20 heavy (non-hydrogen) atoms. The van der Waals surface area contributed by atoms with Gasteiger partial charge in [0.1, 0.15) is 11.6 Å². The Morgan fingerprint density at radius 3 is 1.60 bits per heavy atom. The van der Waals surface area contributed by atoms with Crippen molar-refractivity contribution in [3.05, 3.63) is 0 Å². The van der Waals surface area contributed by atoms with Crippen molar-refractivity contribution in [1.29, 1.82) is 0 Å². The number of phosphoric acid groups is 1. The van der Waals surface area contributed by atoms with Crippen molar-refractivity contribution >= 4 is 19.4 Å². The van der Waals surface area contributed by atoms with E-state index in [2.05, 4.69) is 0 Å². The standard InChI is InChI=1S/C13H25O6P/c1-4-9-17-20(16,18-10-5-7-12(2)14)19-11-6-8-13(3)15/h4-11H2,1-3H3. The molecule has 0 aliphatic rings. The maximum Gasteiger partial charge on any atom is 0.474 e. The number of phosphoric ester groups is 1. The van der Waals surface area contributed by atoms with Crippen molar-refractivity contribution in [2.24, 2.45) is 0 Å². The van der Waals surface area contributed by atoms with Crippen LogP contribution in [0.3, 0.4) is 0 Å². The van der Waals surface area contributed by atoms with Gasteiger partial charge in [-0.1, -0.05) is 6.92 Å². The SMILES string of the molecule is CCCOP(=O)(OCCCC(C)=O)OCCCC(C)=O. The van der Waals surface area contributed by atoms with Gasteiger partial charge >= 0.3 is 7.82 Å². The van der Waals surface area contributed by atoms with E-state index in [9.17, 15) is 14.2 Å². The summed E-state index contributed by atoms with van der Waals surface area (Å²) in [5.74, 6) is 0.112. The van der Waals surface area contributed by atoms with Gasteiger partial charge in [0.15, 0.2) is 0 Å². The Balaban J connectivity index is 4.10. The number of ketones is 2. The first-order chi connectivity index (χ1) is 9.39. The van der Waals surface area contributed by atoms with Crippen LogP contribution in [0.2, 0.25) is 0 Å². The Kier molecular flexibility index (Phi) is 10.8. The molecule has 0 aliphatic carbocycles. The molecule has 0 bridgehead atoms. The van der Waals surface area contributed by atoms with E-state index in [1.807, 2.05) is 6.92 Å². The predicted molar refractivity (Wildman–Crippen MR) is 75.6 cm³/mol. The second kappa shape index (κ2) is 11.1. The van der Waals surface area contributed by atoms with Gasteiger partial charge in [-0.25, -0.2) is 4.57 Å². The summed E-state index contributed by atoms with van der Waals surface area (Å²) >= 11 is 0. The molecule has 0 aromatic rings. The third-order valence-corrected chi connectivity index (χ3v) is 3.80. The lowest BCUT2D eigenvalue weighted by Gasteiger charge is -2.17. The zero-order chi connectivity index (χ0) is 15.4. The topological polar surface area (TPSA) is 78.9 Å². The van der Waals surface area contributed by atoms with E-state index < -0.39 is 7.82 Å². The van der Waals surface area contributed by atoms with Gasteiger partial charge in [-0.3, -0.25) is 13.6 Å². The van der Waals surface area contributed by atoms with Crippen LogP contribution < -0.4 is 0 Å². The van der Waals surface area contributed by atoms with Gasteiger partial charge < -0.3 is 9.59 Å². The number of hydrogen-bond donors (Lipinski definition) is 0. The van der Waals surface area contributed by atoms with Crippen LogP contribution in [0, 0.1) is 0 Å². The molecule has 118 valence electrons. The monoisotopic (exact) mass is 308 g/mol. The third kappa shape index (κ3) is 11.3. The van der Waals surface area contributed by atoms with E-state index in [1.165, 1.54) is 13.8 Å². The second-order valence-electron chi connectivity index (χ2n) is 4.56. The van der Waals surface area contributed by atoms with E-state index in [4.69, 9.17) is 13.6 Å². The maximum absolute atomic E-state index is 12.2. The molecule has 0 heterocycles. The summed E-state index contributed by atoms with van der Waals surface area (Å²) in [6.07, 6.45) is 2.39. The molecule has 0 rings (SSSR count). The van der Waals surface area contributed by atoms with E-state index in [0.29, 0.717) is 32.1 Å². The van der Waals surface area contributed by atoms with Gasteiger partial charge in [-0.2, -0.15) is 0 Å². The summed E-state index contributed by atoms with van der Waals surface area (Å²) in [7, 11) is -3.58. The third-order valence-electron chi connectivity index (χ3n) is 2.30. The van der Waals surface area contributed by atoms with Crippen LogP contribution in [0.15, 0.2) is 0 Å². The first kappa shape index (κ1) is 19.4. The second-order valence-corrected chi connectivity index (χ2v) is 6.23. The van der Waals surface area contributed by atoms with Crippen molar-refractivity contribution in [2.45, 2.75) is 52.9 Å². The highest BCUT2D eigenvalue weighted by Gasteiger charge is 2.26. The molecular weight excluding hydrogens is 283 g/mol. The van der Waals surface area contributed by atoms with Crippen molar-refractivity contribution in [1.82, 2.24) is 0 Å². The molecule has 0 saturated carbocycles. The molecule has 0 fully saturated rings. The highest BCUT2D eigenvalue weighted by atomic mass is 31.2. The van der Waals surface area contributed by atoms with Crippen LogP contribution in [0.5, 0.6) is 0 Å². The molecule has 0 aliphatic heterocycles. The quantitative estimate of drug-likeness (QED) is 0.384. The zero-order valence-electron chi connectivity index (χ0n) is 12.6.